The summed E-state index contributed by atoms with van der Waals surface area (Å²) in [6, 6.07) is 149. The first-order chi connectivity index (χ1) is 55.2. The van der Waals surface area contributed by atoms with Crippen LogP contribution in [0.1, 0.15) is 50.7 Å². The van der Waals surface area contributed by atoms with Crippen LogP contribution >= 0.6 is 0 Å². The average molecular weight is 1470 g/mol. The summed E-state index contributed by atoms with van der Waals surface area (Å²) in [5.41, 5.74) is 16.7. The van der Waals surface area contributed by atoms with Crippen LogP contribution in [0.25, 0.3) is 98.4 Å². The highest BCUT2D eigenvalue weighted by Gasteiger charge is 2.43. The second-order valence-electron chi connectivity index (χ2n) is 30.5. The summed E-state index contributed by atoms with van der Waals surface area (Å²) in [4.78, 5) is 4.97. The Morgan fingerprint density at radius 1 is 0.214 bits per heavy atom. The quantitative estimate of drug-likeness (QED) is 0.0487. The number of para-hydroxylation sites is 4. The topological polar surface area (TPSA) is 32.8 Å². The molecule has 0 aliphatic rings. The Labute approximate surface area is 655 Å². The van der Waals surface area contributed by atoms with Crippen LogP contribution in [-0.4, -0.2) is 16.1 Å². The first kappa shape index (κ1) is 67.9. The number of fused-ring (bicyclic) bond motifs is 6. The number of furan rings is 2. The molecule has 0 radical (unpaired) electrons. The van der Waals surface area contributed by atoms with Crippen LogP contribution in [-0.2, 0) is 0 Å². The largest absolute Gasteiger partial charge is 0.454 e. The molecule has 0 bridgehead atoms. The molecule has 6 heteroatoms. The first-order valence-electron chi connectivity index (χ1n) is 39.2. The lowest BCUT2D eigenvalue weighted by atomic mass is 9.84. The molecule has 2 aromatic heterocycles. The van der Waals surface area contributed by atoms with Crippen molar-refractivity contribution in [2.45, 2.75) is 39.5 Å². The Balaban J connectivity index is 0.760. The summed E-state index contributed by atoms with van der Waals surface area (Å²) in [6.07, 6.45) is 0. The Kier molecular flexibility index (Phi) is 17.0. The number of anilines is 6. The van der Waals surface area contributed by atoms with E-state index in [0.717, 1.165) is 111 Å². The van der Waals surface area contributed by atoms with Gasteiger partial charge >= 0.3 is 0 Å². The molecule has 0 fully saturated rings. The van der Waals surface area contributed by atoms with Gasteiger partial charge in [0.25, 0.3) is 0 Å². The molecule has 534 valence electrons. The van der Waals surface area contributed by atoms with Crippen molar-refractivity contribution in [2.75, 3.05) is 9.80 Å². The van der Waals surface area contributed by atoms with Gasteiger partial charge < -0.3 is 18.6 Å². The van der Waals surface area contributed by atoms with E-state index in [2.05, 4.69) is 438 Å². The third-order valence-electron chi connectivity index (χ3n) is 23.7. The predicted molar refractivity (Wildman–Crippen MR) is 480 cm³/mol. The third-order valence-corrected chi connectivity index (χ3v) is 33.3. The van der Waals surface area contributed by atoms with Gasteiger partial charge in [-0.2, -0.15) is 0 Å². The Hall–Kier alpha value is -13.4. The van der Waals surface area contributed by atoms with Crippen molar-refractivity contribution in [1.29, 1.82) is 0 Å². The van der Waals surface area contributed by atoms with E-state index in [1.807, 2.05) is 0 Å². The molecule has 18 aromatic carbocycles. The highest BCUT2D eigenvalue weighted by atomic mass is 28.3. The van der Waals surface area contributed by atoms with Crippen LogP contribution in [0.2, 0.25) is 0 Å². The van der Waals surface area contributed by atoms with Crippen molar-refractivity contribution in [3.8, 4) is 22.3 Å². The molecule has 4 nitrogen and oxygen atoms in total. The molecule has 20 rings (SSSR count). The van der Waals surface area contributed by atoms with Gasteiger partial charge in [0.1, 0.15) is 11.2 Å². The Morgan fingerprint density at radius 3 is 0.777 bits per heavy atom. The lowest BCUT2D eigenvalue weighted by molar-refractivity contribution is 0.668. The van der Waals surface area contributed by atoms with Gasteiger partial charge in [-0.1, -0.05) is 367 Å². The smallest absolute Gasteiger partial charge is 0.179 e. The van der Waals surface area contributed by atoms with E-state index in [9.17, 15) is 0 Å². The zero-order chi connectivity index (χ0) is 75.0. The van der Waals surface area contributed by atoms with Crippen molar-refractivity contribution >= 4 is 168 Å². The van der Waals surface area contributed by atoms with Gasteiger partial charge in [-0.05, 0) is 169 Å². The lowest BCUT2D eigenvalue weighted by Gasteiger charge is -2.34. The molecule has 2 heterocycles. The number of benzene rings is 18. The molecule has 0 atom stereocenters. The highest BCUT2D eigenvalue weighted by molar-refractivity contribution is 7.20. The molecule has 0 saturated heterocycles. The highest BCUT2D eigenvalue weighted by Crippen LogP contribution is 2.53. The van der Waals surface area contributed by atoms with Gasteiger partial charge in [0.2, 0.25) is 0 Å². The van der Waals surface area contributed by atoms with Gasteiger partial charge in [0, 0.05) is 43.7 Å². The number of nitrogens with zero attached hydrogens (tertiary/aromatic N) is 2. The molecule has 20 aromatic rings. The maximum absolute atomic E-state index is 7.10. The van der Waals surface area contributed by atoms with Crippen LogP contribution in [0.3, 0.4) is 0 Å². The van der Waals surface area contributed by atoms with Crippen molar-refractivity contribution in [3.05, 3.63) is 412 Å². The first-order valence-corrected chi connectivity index (χ1v) is 43.2. The van der Waals surface area contributed by atoms with E-state index in [4.69, 9.17) is 8.83 Å². The number of hydrogen-bond acceptors (Lipinski definition) is 4. The summed E-state index contributed by atoms with van der Waals surface area (Å²) in [5.74, 6) is 0.319. The normalized spacial score (nSPS) is 12.1. The van der Waals surface area contributed by atoms with Gasteiger partial charge in [0.15, 0.2) is 27.3 Å². The van der Waals surface area contributed by atoms with E-state index in [0.29, 0.717) is 0 Å². The molecule has 0 unspecified atom stereocenters. The fourth-order valence-electron chi connectivity index (χ4n) is 18.5. The molecule has 0 N–H and O–H groups in total. The van der Waals surface area contributed by atoms with E-state index in [1.165, 1.54) is 74.2 Å². The van der Waals surface area contributed by atoms with E-state index >= 15 is 0 Å². The minimum Gasteiger partial charge on any atom is -0.454 e. The molecule has 0 spiro atoms. The van der Waals surface area contributed by atoms with Crippen LogP contribution in [0.4, 0.5) is 34.1 Å². The number of rotatable bonds is 18. The SMILES string of the molecule is CC(C)c1cc(N(c2ccc(-c3ccc([Si](c4ccccc4)(c4ccccc4)c4ccccc4)cc3)cc2)c2cccc3c2oc2ccccc23)c2ccc3c(C(C)C)cc(N(c4ccc(-c5ccc([Si](c6ccccc6)(c6ccccc6)c6ccccc6)cc5)cc4)c4cccc5c4oc4ccccc45)c4ccc1c2c34. The molecular formula is C106H80N2O2Si2. The van der Waals surface area contributed by atoms with Crippen molar-refractivity contribution in [3.63, 3.8) is 0 Å². The fraction of sp³-hybridized carbons (Fsp3) is 0.0566. The van der Waals surface area contributed by atoms with Crippen molar-refractivity contribution < 1.29 is 8.83 Å². The number of hydrogen-bond donors (Lipinski definition) is 0. The molecule has 0 saturated carbocycles. The van der Waals surface area contributed by atoms with Gasteiger partial charge in [-0.15, -0.1) is 0 Å². The summed E-state index contributed by atoms with van der Waals surface area (Å²) >= 11 is 0. The van der Waals surface area contributed by atoms with E-state index in [1.54, 1.807) is 0 Å². The van der Waals surface area contributed by atoms with E-state index < -0.39 is 16.1 Å². The van der Waals surface area contributed by atoms with Gasteiger partial charge in [0.05, 0.1) is 22.7 Å². The molecule has 0 aliphatic heterocycles. The summed E-state index contributed by atoms with van der Waals surface area (Å²) in [7, 11) is -5.49. The molecule has 112 heavy (non-hydrogen) atoms. The van der Waals surface area contributed by atoms with Crippen LogP contribution in [0.15, 0.2) is 409 Å². The van der Waals surface area contributed by atoms with Crippen LogP contribution < -0.4 is 51.3 Å². The molecule has 0 amide bonds. The maximum Gasteiger partial charge on any atom is 0.179 e. The van der Waals surface area contributed by atoms with Gasteiger partial charge in [-0.3, -0.25) is 0 Å². The average Bonchev–Trinajstić information content (AvgIpc) is 0.927. The Bertz CT molecular complexity index is 6220. The summed E-state index contributed by atoms with van der Waals surface area (Å²) in [5, 5.41) is 22.4. The fourth-order valence-corrected chi connectivity index (χ4v) is 28.0. The molecular weight excluding hydrogens is 1390 g/mol. The zero-order valence-electron chi connectivity index (χ0n) is 63.0. The minimum atomic E-state index is -2.75. The van der Waals surface area contributed by atoms with Crippen molar-refractivity contribution in [2.24, 2.45) is 0 Å². The minimum absolute atomic E-state index is 0.159. The third kappa shape index (κ3) is 11.1. The second kappa shape index (κ2) is 27.9. The molecule has 0 aliphatic carbocycles. The standard InChI is InChI=1S/C106H80N2O2Si2/c1-71(2)95-69-99(107(97-45-27-43-91-87-41-23-25-47-101(87)109-105(91)97)77-57-49-73(50-58-77)75-53-61-85(62-54-75)111(79-29-11-5-12-30-79,80-31-13-6-14-32-80)81-33-15-7-16-34-81)93-68-66-90-96(72(3)4)70-100(94-67-65-89(95)103(93)104(90)94)108(98-46-28-44-92-88-42-24-26-48-102(88)110-106(92)98)78-59-51-74(52-60-78)76-55-63-86(64-56-76)112(82-35-17-8-18-36-82,83-37-19-9-20-38-83)84-39-21-10-22-40-84/h5-72H,1-4H3. The van der Waals surface area contributed by atoms with Crippen molar-refractivity contribution in [1.82, 2.24) is 0 Å². The van der Waals surface area contributed by atoms with E-state index in [-0.39, 0.29) is 11.8 Å². The Morgan fingerprint density at radius 2 is 0.473 bits per heavy atom. The monoisotopic (exact) mass is 1470 g/mol. The van der Waals surface area contributed by atoms with Gasteiger partial charge in [-0.25, -0.2) is 0 Å². The second-order valence-corrected chi connectivity index (χ2v) is 38.1. The maximum atomic E-state index is 7.10. The summed E-state index contributed by atoms with van der Waals surface area (Å²) < 4.78 is 14.2. The lowest BCUT2D eigenvalue weighted by Crippen LogP contribution is -2.74. The predicted octanol–water partition coefficient (Wildman–Crippen LogP) is 23.7. The van der Waals surface area contributed by atoms with Crippen LogP contribution in [0.5, 0.6) is 0 Å². The van der Waals surface area contributed by atoms with Crippen LogP contribution in [0, 0.1) is 0 Å². The zero-order valence-corrected chi connectivity index (χ0v) is 65.0. The summed E-state index contributed by atoms with van der Waals surface area (Å²) in [6.45, 7) is 9.39.